The van der Waals surface area contributed by atoms with E-state index in [0.29, 0.717) is 24.2 Å². The molecule has 2 rings (SSSR count). The van der Waals surface area contributed by atoms with E-state index in [9.17, 15) is 14.7 Å². The fourth-order valence-corrected chi connectivity index (χ4v) is 5.16. The van der Waals surface area contributed by atoms with E-state index in [-0.39, 0.29) is 36.2 Å². The van der Waals surface area contributed by atoms with Crippen LogP contribution in [-0.2, 0) is 14.3 Å². The van der Waals surface area contributed by atoms with Crippen molar-refractivity contribution < 1.29 is 19.4 Å². The maximum Gasteiger partial charge on any atom is 0.302 e. The number of esters is 1. The molecule has 0 aromatic rings. The Morgan fingerprint density at radius 2 is 1.96 bits per heavy atom. The molecule has 0 unspecified atom stereocenters. The van der Waals surface area contributed by atoms with Crippen molar-refractivity contribution in [3.05, 3.63) is 0 Å². The Kier molecular flexibility index (Phi) is 6.63. The predicted molar refractivity (Wildman–Crippen MR) is 88.7 cm³/mol. The van der Waals surface area contributed by atoms with Crippen LogP contribution >= 0.6 is 0 Å². The van der Waals surface area contributed by atoms with Crippen molar-refractivity contribution >= 4 is 11.8 Å². The molecule has 0 bridgehead atoms. The number of aliphatic hydroxyl groups excluding tert-OH is 1. The van der Waals surface area contributed by atoms with Crippen LogP contribution in [0.4, 0.5) is 0 Å². The lowest BCUT2D eigenvalue weighted by Crippen LogP contribution is -2.25. The Hall–Kier alpha value is -0.900. The summed E-state index contributed by atoms with van der Waals surface area (Å²) in [5.74, 6) is 1.24. The summed E-state index contributed by atoms with van der Waals surface area (Å²) in [5, 5.41) is 9.74. The number of Topliss-reactive ketones (excluding diaryl/α,β-unsaturated/α-hetero) is 1. The summed E-state index contributed by atoms with van der Waals surface area (Å²) >= 11 is 0. The number of unbranched alkanes of at least 4 members (excludes halogenated alkanes) is 1. The van der Waals surface area contributed by atoms with Crippen molar-refractivity contribution in [1.29, 1.82) is 0 Å². The summed E-state index contributed by atoms with van der Waals surface area (Å²) in [5.41, 5.74) is 0. The fourth-order valence-electron chi connectivity index (χ4n) is 5.16. The number of carbonyl (C=O) groups is 2. The first kappa shape index (κ1) is 18.4. The van der Waals surface area contributed by atoms with Gasteiger partial charge < -0.3 is 9.84 Å². The van der Waals surface area contributed by atoms with Crippen LogP contribution in [0.15, 0.2) is 0 Å². The molecule has 6 atom stereocenters. The number of aliphatic hydroxyl groups is 1. The Morgan fingerprint density at radius 1 is 1.22 bits per heavy atom. The summed E-state index contributed by atoms with van der Waals surface area (Å²) in [6, 6.07) is 0. The molecule has 0 aromatic heterocycles. The average molecular weight is 324 g/mol. The van der Waals surface area contributed by atoms with E-state index in [0.717, 1.165) is 38.5 Å². The van der Waals surface area contributed by atoms with Crippen LogP contribution in [0.25, 0.3) is 0 Å². The molecule has 2 aliphatic carbocycles. The molecule has 4 nitrogen and oxygen atoms in total. The zero-order chi connectivity index (χ0) is 17.0. The van der Waals surface area contributed by atoms with Gasteiger partial charge in [-0.15, -0.1) is 0 Å². The van der Waals surface area contributed by atoms with Gasteiger partial charge in [-0.1, -0.05) is 33.1 Å². The molecule has 4 heteroatoms. The van der Waals surface area contributed by atoms with Crippen molar-refractivity contribution in [2.45, 2.75) is 59.3 Å². The standard InChI is InChI=1S/C19H32O4/c1-4-6-8-15-16(7-5-2)19(22)18-13(10-20)9-14(17(15)18)11-23-12(3)21/h13-18,20H,4-11H2,1-3H3/t13-,14+,15+,16+,17-,18-/m1/s1. The predicted octanol–water partition coefficient (Wildman–Crippen LogP) is 3.22. The maximum atomic E-state index is 13.0. The average Bonchev–Trinajstić information content (AvgIpc) is 3.01. The molecule has 23 heavy (non-hydrogen) atoms. The van der Waals surface area contributed by atoms with Crippen LogP contribution in [0.3, 0.4) is 0 Å². The van der Waals surface area contributed by atoms with Gasteiger partial charge in [0.15, 0.2) is 0 Å². The van der Waals surface area contributed by atoms with Crippen molar-refractivity contribution in [3.63, 3.8) is 0 Å². The number of hydrogen-bond acceptors (Lipinski definition) is 4. The van der Waals surface area contributed by atoms with Gasteiger partial charge in [-0.25, -0.2) is 0 Å². The molecule has 132 valence electrons. The summed E-state index contributed by atoms with van der Waals surface area (Å²) in [6.07, 6.45) is 6.16. The molecule has 2 fully saturated rings. The SMILES string of the molecule is CCCC[C@@H]1[C@H]2[C@H](COC(C)=O)C[C@H](CO)[C@H]2C(=O)[C@H]1CCC. The number of ether oxygens (including phenoxy) is 1. The van der Waals surface area contributed by atoms with E-state index in [1.165, 1.54) is 6.92 Å². The highest BCUT2D eigenvalue weighted by atomic mass is 16.5. The van der Waals surface area contributed by atoms with Crippen molar-refractivity contribution in [3.8, 4) is 0 Å². The van der Waals surface area contributed by atoms with Crippen LogP contribution in [0, 0.1) is 35.5 Å². The quantitative estimate of drug-likeness (QED) is 0.696. The second-order valence-electron chi connectivity index (χ2n) is 7.45. The van der Waals surface area contributed by atoms with Gasteiger partial charge in [-0.2, -0.15) is 0 Å². The largest absolute Gasteiger partial charge is 0.466 e. The molecule has 0 aromatic carbocycles. The second kappa shape index (κ2) is 8.27. The third-order valence-electron chi connectivity index (χ3n) is 6.00. The van der Waals surface area contributed by atoms with E-state index in [1.54, 1.807) is 0 Å². The summed E-state index contributed by atoms with van der Waals surface area (Å²) in [6.45, 7) is 6.23. The Morgan fingerprint density at radius 3 is 2.52 bits per heavy atom. The third kappa shape index (κ3) is 3.78. The van der Waals surface area contributed by atoms with Gasteiger partial charge >= 0.3 is 5.97 Å². The molecule has 2 saturated carbocycles. The zero-order valence-electron chi connectivity index (χ0n) is 14.8. The summed E-state index contributed by atoms with van der Waals surface area (Å²) < 4.78 is 5.28. The van der Waals surface area contributed by atoms with Crippen LogP contribution in [0.5, 0.6) is 0 Å². The molecule has 1 N–H and O–H groups in total. The van der Waals surface area contributed by atoms with Gasteiger partial charge in [0.2, 0.25) is 0 Å². The van der Waals surface area contributed by atoms with Gasteiger partial charge in [-0.05, 0) is 42.9 Å². The van der Waals surface area contributed by atoms with Gasteiger partial charge in [0.05, 0.1) is 6.61 Å². The van der Waals surface area contributed by atoms with E-state index >= 15 is 0 Å². The molecule has 0 amide bonds. The molecular weight excluding hydrogens is 292 g/mol. The van der Waals surface area contributed by atoms with Crippen molar-refractivity contribution in [1.82, 2.24) is 0 Å². The first-order valence-electron chi connectivity index (χ1n) is 9.32. The topological polar surface area (TPSA) is 63.6 Å². The highest BCUT2D eigenvalue weighted by Gasteiger charge is 2.58. The first-order chi connectivity index (χ1) is 11.0. The normalized spacial score (nSPS) is 36.3. The minimum Gasteiger partial charge on any atom is -0.466 e. The fraction of sp³-hybridized carbons (Fsp3) is 0.895. The van der Waals surface area contributed by atoms with E-state index in [2.05, 4.69) is 13.8 Å². The highest BCUT2D eigenvalue weighted by molar-refractivity contribution is 5.87. The maximum absolute atomic E-state index is 13.0. The Bertz CT molecular complexity index is 420. The summed E-state index contributed by atoms with van der Waals surface area (Å²) in [7, 11) is 0. The number of carbonyl (C=O) groups excluding carboxylic acids is 2. The molecular formula is C19H32O4. The highest BCUT2D eigenvalue weighted by Crippen LogP contribution is 2.56. The Labute approximate surface area is 140 Å². The Balaban J connectivity index is 2.22. The van der Waals surface area contributed by atoms with Gasteiger partial charge in [0.1, 0.15) is 5.78 Å². The molecule has 2 aliphatic rings. The van der Waals surface area contributed by atoms with Crippen molar-refractivity contribution in [2.24, 2.45) is 35.5 Å². The van der Waals surface area contributed by atoms with E-state index < -0.39 is 0 Å². The molecule has 0 radical (unpaired) electrons. The molecule has 0 saturated heterocycles. The molecule has 0 aliphatic heterocycles. The van der Waals surface area contributed by atoms with E-state index in [4.69, 9.17) is 4.74 Å². The van der Waals surface area contributed by atoms with Crippen LogP contribution in [0.1, 0.15) is 59.3 Å². The van der Waals surface area contributed by atoms with E-state index in [1.807, 2.05) is 0 Å². The molecule has 0 heterocycles. The number of ketones is 1. The third-order valence-corrected chi connectivity index (χ3v) is 6.00. The lowest BCUT2D eigenvalue weighted by atomic mass is 9.78. The van der Waals surface area contributed by atoms with Crippen LogP contribution in [0.2, 0.25) is 0 Å². The second-order valence-corrected chi connectivity index (χ2v) is 7.45. The van der Waals surface area contributed by atoms with Crippen molar-refractivity contribution in [2.75, 3.05) is 13.2 Å². The number of rotatable bonds is 8. The lowest BCUT2D eigenvalue weighted by molar-refractivity contribution is -0.143. The summed E-state index contributed by atoms with van der Waals surface area (Å²) in [4.78, 5) is 24.2. The number of fused-ring (bicyclic) bond motifs is 1. The molecule has 0 spiro atoms. The monoisotopic (exact) mass is 324 g/mol. The van der Waals surface area contributed by atoms with Crippen LogP contribution in [-0.4, -0.2) is 30.1 Å². The smallest absolute Gasteiger partial charge is 0.302 e. The number of hydrogen-bond donors (Lipinski definition) is 1. The zero-order valence-corrected chi connectivity index (χ0v) is 14.8. The van der Waals surface area contributed by atoms with Crippen LogP contribution < -0.4 is 0 Å². The van der Waals surface area contributed by atoms with Gasteiger partial charge in [0.25, 0.3) is 0 Å². The minimum absolute atomic E-state index is 0.0148. The first-order valence-corrected chi connectivity index (χ1v) is 9.32. The van der Waals surface area contributed by atoms with Gasteiger partial charge in [-0.3, -0.25) is 9.59 Å². The van der Waals surface area contributed by atoms with Gasteiger partial charge in [0, 0.05) is 25.4 Å². The lowest BCUT2D eigenvalue weighted by Gasteiger charge is -2.27. The minimum atomic E-state index is -0.256.